The molecule has 0 spiro atoms. The fourth-order valence-corrected chi connectivity index (χ4v) is 3.16. The molecule has 1 unspecified atom stereocenters. The summed E-state index contributed by atoms with van der Waals surface area (Å²) < 4.78 is 37.8. The predicted octanol–water partition coefficient (Wildman–Crippen LogP) is 2.11. The third kappa shape index (κ3) is 3.60. The van der Waals surface area contributed by atoms with E-state index in [0.29, 0.717) is 26.2 Å². The van der Waals surface area contributed by atoms with E-state index in [1.807, 2.05) is 9.80 Å². The van der Waals surface area contributed by atoms with Crippen molar-refractivity contribution in [2.45, 2.75) is 25.1 Å². The molecule has 126 valence electrons. The highest BCUT2D eigenvalue weighted by Crippen LogP contribution is 2.30. The molecule has 23 heavy (non-hydrogen) atoms. The first kappa shape index (κ1) is 16.1. The van der Waals surface area contributed by atoms with Crippen molar-refractivity contribution in [2.24, 2.45) is 0 Å². The van der Waals surface area contributed by atoms with Crippen molar-refractivity contribution in [3.8, 4) is 0 Å². The van der Waals surface area contributed by atoms with Crippen LogP contribution in [-0.4, -0.2) is 49.6 Å². The molecule has 1 aromatic carbocycles. The Kier molecular flexibility index (Phi) is 4.48. The van der Waals surface area contributed by atoms with E-state index in [-0.39, 0.29) is 11.9 Å². The second kappa shape index (κ2) is 6.39. The minimum Gasteiger partial charge on any atom is -0.368 e. The Morgan fingerprint density at radius 3 is 2.26 bits per heavy atom. The van der Waals surface area contributed by atoms with Gasteiger partial charge in [0, 0.05) is 31.9 Å². The van der Waals surface area contributed by atoms with Gasteiger partial charge in [0.15, 0.2) is 0 Å². The molecule has 1 atom stereocenters. The van der Waals surface area contributed by atoms with E-state index in [1.54, 1.807) is 0 Å². The van der Waals surface area contributed by atoms with Crippen LogP contribution in [0.5, 0.6) is 0 Å². The topological polar surface area (TPSA) is 35.6 Å². The lowest BCUT2D eigenvalue weighted by Gasteiger charge is -2.37. The van der Waals surface area contributed by atoms with Gasteiger partial charge in [0.1, 0.15) is 0 Å². The third-order valence-corrected chi connectivity index (χ3v) is 4.51. The van der Waals surface area contributed by atoms with Crippen molar-refractivity contribution < 1.29 is 18.0 Å². The molecular formula is C16H20F3N3O. The lowest BCUT2D eigenvalue weighted by atomic mass is 10.1. The van der Waals surface area contributed by atoms with E-state index in [9.17, 15) is 18.0 Å². The van der Waals surface area contributed by atoms with E-state index >= 15 is 0 Å². The summed E-state index contributed by atoms with van der Waals surface area (Å²) in [6.45, 7) is 3.39. The van der Waals surface area contributed by atoms with Crippen LogP contribution in [0.2, 0.25) is 0 Å². The highest BCUT2D eigenvalue weighted by molar-refractivity contribution is 5.82. The summed E-state index contributed by atoms with van der Waals surface area (Å²) in [4.78, 5) is 16.2. The normalized spacial score (nSPS) is 22.5. The molecule has 2 saturated heterocycles. The predicted molar refractivity (Wildman–Crippen MR) is 81.3 cm³/mol. The number of amides is 1. The minimum absolute atomic E-state index is 0.0624. The number of nitrogens with zero attached hydrogens (tertiary/aromatic N) is 2. The zero-order valence-corrected chi connectivity index (χ0v) is 12.8. The van der Waals surface area contributed by atoms with Gasteiger partial charge in [0.05, 0.1) is 11.6 Å². The summed E-state index contributed by atoms with van der Waals surface area (Å²) in [6.07, 6.45) is -2.39. The van der Waals surface area contributed by atoms with Crippen LogP contribution in [0.3, 0.4) is 0 Å². The Balaban J connectivity index is 1.57. The quantitative estimate of drug-likeness (QED) is 0.904. The molecule has 2 fully saturated rings. The van der Waals surface area contributed by atoms with Crippen LogP contribution in [0, 0.1) is 0 Å². The molecule has 1 amide bonds. The summed E-state index contributed by atoms with van der Waals surface area (Å²) >= 11 is 0. The lowest BCUT2D eigenvalue weighted by Crippen LogP contribution is -2.53. The Morgan fingerprint density at radius 1 is 1.09 bits per heavy atom. The highest BCUT2D eigenvalue weighted by Gasteiger charge is 2.31. The molecule has 2 aliphatic heterocycles. The Hall–Kier alpha value is -1.76. The molecule has 1 N–H and O–H groups in total. The number of nitrogens with one attached hydrogen (secondary N) is 1. The van der Waals surface area contributed by atoms with E-state index in [2.05, 4.69) is 5.32 Å². The van der Waals surface area contributed by atoms with Gasteiger partial charge in [0.2, 0.25) is 5.91 Å². The van der Waals surface area contributed by atoms with Gasteiger partial charge in [-0.05, 0) is 43.7 Å². The Labute approximate surface area is 133 Å². The number of carbonyl (C=O) groups excluding carboxylic acids is 1. The second-order valence-corrected chi connectivity index (χ2v) is 6.01. The van der Waals surface area contributed by atoms with Gasteiger partial charge in [-0.2, -0.15) is 13.2 Å². The van der Waals surface area contributed by atoms with Crippen molar-refractivity contribution >= 4 is 11.6 Å². The SMILES string of the molecule is O=C(C1CCCN1)N1CCN(c2ccc(C(F)(F)F)cc2)CC1. The zero-order valence-electron chi connectivity index (χ0n) is 12.8. The first-order valence-corrected chi connectivity index (χ1v) is 7.89. The van der Waals surface area contributed by atoms with Gasteiger partial charge < -0.3 is 15.1 Å². The van der Waals surface area contributed by atoms with Crippen LogP contribution in [0.4, 0.5) is 18.9 Å². The minimum atomic E-state index is -4.31. The van der Waals surface area contributed by atoms with Crippen molar-refractivity contribution in [3.05, 3.63) is 29.8 Å². The molecule has 3 rings (SSSR count). The number of carbonyl (C=O) groups is 1. The average Bonchev–Trinajstić information content (AvgIpc) is 3.08. The molecule has 2 heterocycles. The molecule has 4 nitrogen and oxygen atoms in total. The number of hydrogen-bond acceptors (Lipinski definition) is 3. The fourth-order valence-electron chi connectivity index (χ4n) is 3.16. The summed E-state index contributed by atoms with van der Waals surface area (Å²) in [7, 11) is 0. The number of halogens is 3. The molecule has 0 saturated carbocycles. The Morgan fingerprint density at radius 2 is 1.74 bits per heavy atom. The summed E-state index contributed by atoms with van der Waals surface area (Å²) in [6, 6.07) is 5.15. The van der Waals surface area contributed by atoms with Gasteiger partial charge in [-0.3, -0.25) is 4.79 Å². The van der Waals surface area contributed by atoms with Gasteiger partial charge >= 0.3 is 6.18 Å². The number of hydrogen-bond donors (Lipinski definition) is 1. The van der Waals surface area contributed by atoms with Gasteiger partial charge in [-0.1, -0.05) is 0 Å². The van der Waals surface area contributed by atoms with Crippen molar-refractivity contribution in [1.82, 2.24) is 10.2 Å². The van der Waals surface area contributed by atoms with Crippen LogP contribution in [0.1, 0.15) is 18.4 Å². The first-order chi connectivity index (χ1) is 10.9. The van der Waals surface area contributed by atoms with E-state index in [0.717, 1.165) is 37.2 Å². The molecule has 0 aliphatic carbocycles. The lowest BCUT2D eigenvalue weighted by molar-refractivity contribution is -0.137. The van der Waals surface area contributed by atoms with Crippen LogP contribution < -0.4 is 10.2 Å². The van der Waals surface area contributed by atoms with Crippen LogP contribution in [0.25, 0.3) is 0 Å². The summed E-state index contributed by atoms with van der Waals surface area (Å²) in [5.41, 5.74) is 0.131. The van der Waals surface area contributed by atoms with E-state index in [1.165, 1.54) is 12.1 Å². The molecule has 0 radical (unpaired) electrons. The molecule has 7 heteroatoms. The van der Waals surface area contributed by atoms with Crippen LogP contribution in [-0.2, 0) is 11.0 Å². The Bertz CT molecular complexity index is 545. The summed E-state index contributed by atoms with van der Waals surface area (Å²) in [5.74, 6) is 0.148. The maximum atomic E-state index is 12.6. The number of rotatable bonds is 2. The first-order valence-electron chi connectivity index (χ1n) is 7.89. The van der Waals surface area contributed by atoms with Gasteiger partial charge in [-0.15, -0.1) is 0 Å². The van der Waals surface area contributed by atoms with Crippen molar-refractivity contribution in [2.75, 3.05) is 37.6 Å². The van der Waals surface area contributed by atoms with Crippen LogP contribution in [0.15, 0.2) is 24.3 Å². The molecular weight excluding hydrogens is 307 g/mol. The van der Waals surface area contributed by atoms with E-state index in [4.69, 9.17) is 0 Å². The van der Waals surface area contributed by atoms with Crippen molar-refractivity contribution in [3.63, 3.8) is 0 Å². The standard InChI is InChI=1S/C16H20F3N3O/c17-16(18,19)12-3-5-13(6-4-12)21-8-10-22(11-9-21)15(23)14-2-1-7-20-14/h3-6,14,20H,1-2,7-11H2. The number of piperazine rings is 1. The number of benzene rings is 1. The zero-order chi connectivity index (χ0) is 16.4. The van der Waals surface area contributed by atoms with Gasteiger partial charge in [0.25, 0.3) is 0 Å². The maximum absolute atomic E-state index is 12.6. The smallest absolute Gasteiger partial charge is 0.368 e. The fraction of sp³-hybridized carbons (Fsp3) is 0.562. The monoisotopic (exact) mass is 327 g/mol. The van der Waals surface area contributed by atoms with Crippen molar-refractivity contribution in [1.29, 1.82) is 0 Å². The third-order valence-electron chi connectivity index (χ3n) is 4.51. The molecule has 1 aromatic rings. The number of alkyl halides is 3. The van der Waals surface area contributed by atoms with Gasteiger partial charge in [-0.25, -0.2) is 0 Å². The molecule has 0 aromatic heterocycles. The maximum Gasteiger partial charge on any atom is 0.416 e. The molecule has 2 aliphatic rings. The number of anilines is 1. The average molecular weight is 327 g/mol. The van der Waals surface area contributed by atoms with Crippen LogP contribution >= 0.6 is 0 Å². The summed E-state index contributed by atoms with van der Waals surface area (Å²) in [5, 5.41) is 3.21. The van der Waals surface area contributed by atoms with E-state index < -0.39 is 11.7 Å². The molecule has 0 bridgehead atoms. The second-order valence-electron chi connectivity index (χ2n) is 6.01. The highest BCUT2D eigenvalue weighted by atomic mass is 19.4. The largest absolute Gasteiger partial charge is 0.416 e.